The quantitative estimate of drug-likeness (QED) is 0.786. The van der Waals surface area contributed by atoms with Crippen LogP contribution in [0, 0.1) is 5.82 Å². The standard InChI is InChI=1S/C12H8Cl2FNO/c13-6-3-8-10(11(14)12(6)15)9(17)4-7(16-8)5-1-2-5/h3-5H,1-2H2,(H,16,17). The number of benzene rings is 1. The van der Waals surface area contributed by atoms with Crippen molar-refractivity contribution < 1.29 is 4.39 Å². The van der Waals surface area contributed by atoms with Crippen molar-refractivity contribution in [2.45, 2.75) is 18.8 Å². The van der Waals surface area contributed by atoms with E-state index in [1.54, 1.807) is 0 Å². The second-order valence-electron chi connectivity index (χ2n) is 4.27. The minimum absolute atomic E-state index is 0.0777. The largest absolute Gasteiger partial charge is 0.358 e. The lowest BCUT2D eigenvalue weighted by Gasteiger charge is -2.06. The molecular formula is C12H8Cl2FNO. The third-order valence-electron chi connectivity index (χ3n) is 2.99. The normalized spacial score (nSPS) is 15.5. The second-order valence-corrected chi connectivity index (χ2v) is 5.06. The van der Waals surface area contributed by atoms with E-state index < -0.39 is 5.82 Å². The molecule has 0 unspecified atom stereocenters. The van der Waals surface area contributed by atoms with Gasteiger partial charge in [0.05, 0.1) is 20.9 Å². The zero-order valence-electron chi connectivity index (χ0n) is 8.69. The van der Waals surface area contributed by atoms with Crippen LogP contribution in [-0.4, -0.2) is 4.98 Å². The van der Waals surface area contributed by atoms with Crippen molar-refractivity contribution in [1.29, 1.82) is 0 Å². The average Bonchev–Trinajstić information content (AvgIpc) is 3.08. The van der Waals surface area contributed by atoms with Gasteiger partial charge in [-0.2, -0.15) is 0 Å². The molecule has 1 saturated carbocycles. The Morgan fingerprint density at radius 3 is 2.65 bits per heavy atom. The maximum absolute atomic E-state index is 13.5. The molecule has 1 N–H and O–H groups in total. The molecular weight excluding hydrogens is 264 g/mol. The van der Waals surface area contributed by atoms with Gasteiger partial charge in [-0.3, -0.25) is 4.79 Å². The maximum atomic E-state index is 13.5. The molecule has 17 heavy (non-hydrogen) atoms. The summed E-state index contributed by atoms with van der Waals surface area (Å²) in [5.74, 6) is -0.333. The molecule has 3 rings (SSSR count). The number of aromatic nitrogens is 1. The van der Waals surface area contributed by atoms with Gasteiger partial charge in [0.15, 0.2) is 11.2 Å². The Labute approximate surface area is 106 Å². The summed E-state index contributed by atoms with van der Waals surface area (Å²) < 4.78 is 13.5. The summed E-state index contributed by atoms with van der Waals surface area (Å²) in [7, 11) is 0. The number of rotatable bonds is 1. The fourth-order valence-corrected chi connectivity index (χ4v) is 2.50. The third-order valence-corrected chi connectivity index (χ3v) is 3.62. The van der Waals surface area contributed by atoms with Gasteiger partial charge >= 0.3 is 0 Å². The average molecular weight is 272 g/mol. The predicted octanol–water partition coefficient (Wildman–Crippen LogP) is 3.85. The lowest BCUT2D eigenvalue weighted by Crippen LogP contribution is -2.06. The van der Waals surface area contributed by atoms with Gasteiger partial charge in [0.25, 0.3) is 0 Å². The van der Waals surface area contributed by atoms with Crippen molar-refractivity contribution in [3.63, 3.8) is 0 Å². The molecule has 88 valence electrons. The smallest absolute Gasteiger partial charge is 0.191 e. The van der Waals surface area contributed by atoms with Gasteiger partial charge in [0.2, 0.25) is 0 Å². The predicted molar refractivity (Wildman–Crippen MR) is 66.5 cm³/mol. The molecule has 1 aliphatic carbocycles. The van der Waals surface area contributed by atoms with Crippen LogP contribution in [0.2, 0.25) is 10.0 Å². The summed E-state index contributed by atoms with van der Waals surface area (Å²) >= 11 is 11.5. The molecule has 0 amide bonds. The van der Waals surface area contributed by atoms with E-state index in [0.717, 1.165) is 18.5 Å². The molecule has 1 heterocycles. The van der Waals surface area contributed by atoms with Crippen LogP contribution in [0.15, 0.2) is 16.9 Å². The summed E-state index contributed by atoms with van der Waals surface area (Å²) in [5.41, 5.74) is 1.11. The van der Waals surface area contributed by atoms with Gasteiger partial charge < -0.3 is 4.98 Å². The van der Waals surface area contributed by atoms with Gasteiger partial charge in [-0.05, 0) is 24.8 Å². The second kappa shape index (κ2) is 3.72. The monoisotopic (exact) mass is 271 g/mol. The summed E-state index contributed by atoms with van der Waals surface area (Å²) in [4.78, 5) is 15.0. The van der Waals surface area contributed by atoms with Crippen LogP contribution < -0.4 is 5.43 Å². The van der Waals surface area contributed by atoms with Gasteiger partial charge in [-0.15, -0.1) is 0 Å². The van der Waals surface area contributed by atoms with E-state index in [0.29, 0.717) is 11.4 Å². The Bertz CT molecular complexity index is 676. The third kappa shape index (κ3) is 1.74. The maximum Gasteiger partial charge on any atom is 0.191 e. The van der Waals surface area contributed by atoms with Crippen molar-refractivity contribution in [3.8, 4) is 0 Å². The highest BCUT2D eigenvalue weighted by molar-refractivity contribution is 6.38. The molecule has 1 aromatic heterocycles. The highest BCUT2D eigenvalue weighted by Gasteiger charge is 2.25. The van der Waals surface area contributed by atoms with Gasteiger partial charge in [-0.1, -0.05) is 23.2 Å². The number of hydrogen-bond acceptors (Lipinski definition) is 1. The summed E-state index contributed by atoms with van der Waals surface area (Å²) in [6.45, 7) is 0. The van der Waals surface area contributed by atoms with E-state index in [9.17, 15) is 9.18 Å². The molecule has 0 saturated heterocycles. The lowest BCUT2D eigenvalue weighted by molar-refractivity contribution is 0.630. The highest BCUT2D eigenvalue weighted by Crippen LogP contribution is 2.39. The fourth-order valence-electron chi connectivity index (χ4n) is 1.95. The highest BCUT2D eigenvalue weighted by atomic mass is 35.5. The van der Waals surface area contributed by atoms with E-state index >= 15 is 0 Å². The van der Waals surface area contributed by atoms with Crippen LogP contribution in [0.25, 0.3) is 10.9 Å². The molecule has 1 fully saturated rings. The zero-order valence-corrected chi connectivity index (χ0v) is 10.2. The number of aromatic amines is 1. The van der Waals surface area contributed by atoms with E-state index in [4.69, 9.17) is 23.2 Å². The Morgan fingerprint density at radius 1 is 1.29 bits per heavy atom. The van der Waals surface area contributed by atoms with E-state index in [-0.39, 0.29) is 20.9 Å². The van der Waals surface area contributed by atoms with Crippen LogP contribution in [0.5, 0.6) is 0 Å². The molecule has 0 aliphatic heterocycles. The van der Waals surface area contributed by atoms with Gasteiger partial charge in [0.1, 0.15) is 0 Å². The minimum atomic E-state index is -0.745. The molecule has 0 spiro atoms. The first-order valence-corrected chi connectivity index (χ1v) is 6.04. The van der Waals surface area contributed by atoms with Crippen molar-refractivity contribution in [2.24, 2.45) is 0 Å². The molecule has 0 atom stereocenters. The van der Waals surface area contributed by atoms with Crippen LogP contribution >= 0.6 is 23.2 Å². The SMILES string of the molecule is O=c1cc(C2CC2)[nH]c2cc(Cl)c(F)c(Cl)c12. The molecule has 0 radical (unpaired) electrons. The van der Waals surface area contributed by atoms with E-state index in [1.165, 1.54) is 12.1 Å². The van der Waals surface area contributed by atoms with Crippen molar-refractivity contribution in [2.75, 3.05) is 0 Å². The summed E-state index contributed by atoms with van der Waals surface area (Å²) in [5, 5.41) is -0.125. The van der Waals surface area contributed by atoms with Crippen molar-refractivity contribution in [3.05, 3.63) is 43.9 Å². The number of fused-ring (bicyclic) bond motifs is 1. The fraction of sp³-hybridized carbons (Fsp3) is 0.250. The van der Waals surface area contributed by atoms with Gasteiger partial charge in [-0.25, -0.2) is 4.39 Å². The molecule has 0 bridgehead atoms. The van der Waals surface area contributed by atoms with E-state index in [2.05, 4.69) is 4.98 Å². The molecule has 2 nitrogen and oxygen atoms in total. The van der Waals surface area contributed by atoms with Crippen LogP contribution in [-0.2, 0) is 0 Å². The Balaban J connectivity index is 2.39. The Hall–Kier alpha value is -1.06. The number of hydrogen-bond donors (Lipinski definition) is 1. The number of pyridine rings is 1. The minimum Gasteiger partial charge on any atom is -0.358 e. The van der Waals surface area contributed by atoms with Crippen LogP contribution in [0.1, 0.15) is 24.5 Å². The number of nitrogens with one attached hydrogen (secondary N) is 1. The molecule has 1 aliphatic rings. The van der Waals surface area contributed by atoms with Crippen molar-refractivity contribution >= 4 is 34.1 Å². The topological polar surface area (TPSA) is 32.9 Å². The molecule has 2 aromatic rings. The first kappa shape index (κ1) is 11.1. The zero-order chi connectivity index (χ0) is 12.2. The summed E-state index contributed by atoms with van der Waals surface area (Å²) in [6.07, 6.45) is 2.15. The molecule has 5 heteroatoms. The van der Waals surface area contributed by atoms with Crippen LogP contribution in [0.3, 0.4) is 0 Å². The number of H-pyrrole nitrogens is 1. The Kier molecular flexibility index (Phi) is 2.42. The van der Waals surface area contributed by atoms with Crippen LogP contribution in [0.4, 0.5) is 4.39 Å². The van der Waals surface area contributed by atoms with Crippen molar-refractivity contribution in [1.82, 2.24) is 4.98 Å². The number of halogens is 3. The van der Waals surface area contributed by atoms with E-state index in [1.807, 2.05) is 0 Å². The lowest BCUT2D eigenvalue weighted by atomic mass is 10.1. The Morgan fingerprint density at radius 2 is 2.00 bits per heavy atom. The molecule has 1 aromatic carbocycles. The summed E-state index contributed by atoms with van der Waals surface area (Å²) in [6, 6.07) is 2.91. The van der Waals surface area contributed by atoms with Gasteiger partial charge in [0, 0.05) is 11.8 Å². The first-order chi connectivity index (χ1) is 8.08. The first-order valence-electron chi connectivity index (χ1n) is 5.28.